The lowest BCUT2D eigenvalue weighted by Crippen LogP contribution is -2.34. The van der Waals surface area contributed by atoms with Crippen molar-refractivity contribution in [3.8, 4) is 22.3 Å². The number of benzene rings is 4. The van der Waals surface area contributed by atoms with Crippen molar-refractivity contribution in [2.75, 3.05) is 10.6 Å². The van der Waals surface area contributed by atoms with Crippen LogP contribution in [0, 0.1) is 20.2 Å². The Balaban J connectivity index is 0.000000175. The molecule has 0 unspecified atom stereocenters. The van der Waals surface area contributed by atoms with E-state index in [-0.39, 0.29) is 11.4 Å². The summed E-state index contributed by atoms with van der Waals surface area (Å²) in [4.78, 5) is 32.5. The molecule has 0 fully saturated rings. The van der Waals surface area contributed by atoms with Crippen LogP contribution in [0.3, 0.4) is 0 Å². The van der Waals surface area contributed by atoms with Gasteiger partial charge in [-0.3, -0.25) is 25.5 Å². The molecule has 2 N–H and O–H groups in total. The van der Waals surface area contributed by atoms with Crippen LogP contribution in [0.15, 0.2) is 84.9 Å². The number of nitro groups is 2. The van der Waals surface area contributed by atoms with E-state index in [2.05, 4.69) is 10.6 Å². The maximum atomic E-state index is 11.5. The number of nitrogens with zero attached hydrogens (tertiary/aromatic N) is 2. The number of anilines is 2. The molecule has 224 valence electrons. The van der Waals surface area contributed by atoms with Gasteiger partial charge in [-0.15, -0.1) is 0 Å². The average molecular weight is 613 g/mol. The maximum Gasteiger partial charge on any atom is 0.412 e. The number of cyclic esters (lactones) is 1. The summed E-state index contributed by atoms with van der Waals surface area (Å²) in [5.74, 6) is 0. The first-order valence-corrected chi connectivity index (χ1v) is 13.9. The zero-order valence-electron chi connectivity index (χ0n) is 24.2. The van der Waals surface area contributed by atoms with E-state index in [1.54, 1.807) is 24.3 Å². The lowest BCUT2D eigenvalue weighted by atomic mass is 9.91. The van der Waals surface area contributed by atoms with Crippen LogP contribution >= 0.6 is 12.2 Å². The van der Waals surface area contributed by atoms with Crippen LogP contribution in [-0.4, -0.2) is 21.1 Å². The van der Waals surface area contributed by atoms with Crippen molar-refractivity contribution in [1.82, 2.24) is 0 Å². The minimum Gasteiger partial charge on any atom is -0.460 e. The maximum absolute atomic E-state index is 11.5. The number of rotatable bonds is 4. The topological polar surface area (TPSA) is 146 Å². The fourth-order valence-corrected chi connectivity index (χ4v) is 5.42. The largest absolute Gasteiger partial charge is 0.460 e. The standard InChI is InChI=1S/C16H14N2O4.C16H14N2O3S/c1-16(2)13-9-11(6-7-14(13)17-15(19)22-16)10-4-3-5-12(8-10)18(20)21;1-16(2)13-9-11(6-7-14(13)17-15(22)21-16)10-4-3-5-12(8-10)18(19)20/h3-9H,1-2H3,(H,17,19);3-9H,1-2H3,(H,17,22). The van der Waals surface area contributed by atoms with Gasteiger partial charge in [0.2, 0.25) is 0 Å². The summed E-state index contributed by atoms with van der Waals surface area (Å²) in [5.41, 5.74) is 5.45. The number of amides is 1. The van der Waals surface area contributed by atoms with E-state index in [0.717, 1.165) is 39.1 Å². The predicted octanol–water partition coefficient (Wildman–Crippen LogP) is 8.28. The number of carbonyl (C=O) groups excluding carboxylic acids is 1. The fraction of sp³-hybridized carbons (Fsp3) is 0.188. The summed E-state index contributed by atoms with van der Waals surface area (Å²) >= 11 is 5.09. The molecule has 2 aliphatic rings. The van der Waals surface area contributed by atoms with Crippen molar-refractivity contribution >= 4 is 46.2 Å². The molecule has 0 radical (unpaired) electrons. The number of hydrogen-bond acceptors (Lipinski definition) is 8. The van der Waals surface area contributed by atoms with Crippen molar-refractivity contribution in [1.29, 1.82) is 0 Å². The van der Waals surface area contributed by atoms with Gasteiger partial charge in [-0.25, -0.2) is 4.79 Å². The number of hydrogen-bond donors (Lipinski definition) is 2. The van der Waals surface area contributed by atoms with Crippen LogP contribution in [-0.2, 0) is 20.7 Å². The summed E-state index contributed by atoms with van der Waals surface area (Å²) in [6.07, 6.45) is -0.486. The van der Waals surface area contributed by atoms with Crippen LogP contribution in [0.2, 0.25) is 0 Å². The highest BCUT2D eigenvalue weighted by Crippen LogP contribution is 2.40. The second-order valence-electron chi connectivity index (χ2n) is 11.2. The third kappa shape index (κ3) is 6.20. The smallest absolute Gasteiger partial charge is 0.412 e. The normalized spacial score (nSPS) is 15.5. The summed E-state index contributed by atoms with van der Waals surface area (Å²) < 4.78 is 11.0. The Morgan fingerprint density at radius 3 is 1.55 bits per heavy atom. The Morgan fingerprint density at radius 1 is 0.636 bits per heavy atom. The van der Waals surface area contributed by atoms with Crippen molar-refractivity contribution in [3.63, 3.8) is 0 Å². The minimum absolute atomic E-state index is 0.0408. The van der Waals surface area contributed by atoms with Gasteiger partial charge < -0.3 is 14.8 Å². The lowest BCUT2D eigenvalue weighted by Gasteiger charge is -2.34. The van der Waals surface area contributed by atoms with Crippen LogP contribution in [0.4, 0.5) is 27.5 Å². The van der Waals surface area contributed by atoms with E-state index in [4.69, 9.17) is 21.7 Å². The Labute approximate surface area is 258 Å². The fourth-order valence-electron chi connectivity index (χ4n) is 5.10. The Morgan fingerprint density at radius 2 is 1.07 bits per heavy atom. The first-order valence-electron chi connectivity index (χ1n) is 13.5. The molecular weight excluding hydrogens is 584 g/mol. The van der Waals surface area contributed by atoms with Gasteiger partial charge in [-0.2, -0.15) is 0 Å². The highest BCUT2D eigenvalue weighted by atomic mass is 32.1. The minimum atomic E-state index is -0.756. The average Bonchev–Trinajstić information content (AvgIpc) is 2.96. The van der Waals surface area contributed by atoms with Crippen LogP contribution in [0.25, 0.3) is 22.3 Å². The molecule has 4 aromatic rings. The van der Waals surface area contributed by atoms with Crippen molar-refractivity contribution < 1.29 is 24.1 Å². The van der Waals surface area contributed by atoms with E-state index in [0.29, 0.717) is 10.9 Å². The third-order valence-corrected chi connectivity index (χ3v) is 7.47. The predicted molar refractivity (Wildman–Crippen MR) is 171 cm³/mol. The molecule has 12 heteroatoms. The van der Waals surface area contributed by atoms with E-state index < -0.39 is 27.1 Å². The molecule has 0 bridgehead atoms. The molecule has 4 aromatic carbocycles. The monoisotopic (exact) mass is 612 g/mol. The quantitative estimate of drug-likeness (QED) is 0.132. The summed E-state index contributed by atoms with van der Waals surface area (Å²) in [5, 5.41) is 27.8. The highest BCUT2D eigenvalue weighted by Gasteiger charge is 2.34. The van der Waals surface area contributed by atoms with E-state index in [1.807, 2.05) is 70.2 Å². The zero-order valence-corrected chi connectivity index (χ0v) is 25.1. The molecule has 0 saturated carbocycles. The third-order valence-electron chi connectivity index (χ3n) is 7.29. The first-order chi connectivity index (χ1) is 20.7. The number of carbonyl (C=O) groups is 1. The number of ether oxygens (including phenoxy) is 2. The van der Waals surface area contributed by atoms with Gasteiger partial charge in [-0.1, -0.05) is 36.4 Å². The van der Waals surface area contributed by atoms with Gasteiger partial charge in [0.25, 0.3) is 16.5 Å². The van der Waals surface area contributed by atoms with E-state index >= 15 is 0 Å². The number of nitro benzene ring substituents is 2. The number of fused-ring (bicyclic) bond motifs is 2. The van der Waals surface area contributed by atoms with Gasteiger partial charge >= 0.3 is 6.09 Å². The van der Waals surface area contributed by atoms with Crippen LogP contribution < -0.4 is 10.6 Å². The van der Waals surface area contributed by atoms with Crippen LogP contribution in [0.5, 0.6) is 0 Å². The van der Waals surface area contributed by atoms with Crippen molar-refractivity contribution in [2.24, 2.45) is 0 Å². The number of non-ortho nitro benzene ring substituents is 2. The Bertz CT molecular complexity index is 1700. The summed E-state index contributed by atoms with van der Waals surface area (Å²) in [6, 6.07) is 24.3. The number of nitrogens with one attached hydrogen (secondary N) is 2. The molecule has 0 spiro atoms. The molecular formula is C32H28N4O7S. The molecule has 0 saturated heterocycles. The molecule has 2 heterocycles. The van der Waals surface area contributed by atoms with Gasteiger partial charge in [0.15, 0.2) is 0 Å². The molecule has 0 atom stereocenters. The Hall–Kier alpha value is -5.36. The number of thiocarbonyl (C=S) groups is 1. The second-order valence-corrected chi connectivity index (χ2v) is 11.6. The highest BCUT2D eigenvalue weighted by molar-refractivity contribution is 7.80. The molecule has 0 aliphatic carbocycles. The second kappa shape index (κ2) is 11.4. The summed E-state index contributed by atoms with van der Waals surface area (Å²) in [6.45, 7) is 7.50. The first kappa shape index (κ1) is 30.1. The SMILES string of the molecule is CC1(C)OC(=O)Nc2ccc(-c3cccc([N+](=O)[O-])c3)cc21.CC1(C)OC(=S)Nc2ccc(-c3cccc([N+](=O)[O-])c3)cc21. The van der Waals surface area contributed by atoms with E-state index in [9.17, 15) is 25.0 Å². The molecule has 11 nitrogen and oxygen atoms in total. The lowest BCUT2D eigenvalue weighted by molar-refractivity contribution is -0.385. The van der Waals surface area contributed by atoms with Gasteiger partial charge in [0, 0.05) is 41.1 Å². The molecule has 0 aromatic heterocycles. The Kier molecular flexibility index (Phi) is 7.79. The molecule has 1 amide bonds. The van der Waals surface area contributed by atoms with Crippen LogP contribution in [0.1, 0.15) is 38.8 Å². The molecule has 2 aliphatic heterocycles. The van der Waals surface area contributed by atoms with Crippen molar-refractivity contribution in [2.45, 2.75) is 38.9 Å². The summed E-state index contributed by atoms with van der Waals surface area (Å²) in [7, 11) is 0. The van der Waals surface area contributed by atoms with Crippen molar-refractivity contribution in [3.05, 3.63) is 116 Å². The van der Waals surface area contributed by atoms with Gasteiger partial charge in [0.05, 0.1) is 15.5 Å². The zero-order chi connectivity index (χ0) is 31.8. The van der Waals surface area contributed by atoms with Gasteiger partial charge in [0.1, 0.15) is 11.2 Å². The van der Waals surface area contributed by atoms with Gasteiger partial charge in [-0.05, 0) is 86.4 Å². The molecule has 44 heavy (non-hydrogen) atoms. The van der Waals surface area contributed by atoms with E-state index in [1.165, 1.54) is 18.2 Å². The molecule has 6 rings (SSSR count).